The molecule has 2 nitrogen and oxygen atoms in total. The minimum absolute atomic E-state index is 0.683. The molecule has 0 bridgehead atoms. The van der Waals surface area contributed by atoms with Crippen LogP contribution < -0.4 is 0 Å². The number of fused-ring (bicyclic) bond motifs is 1. The summed E-state index contributed by atoms with van der Waals surface area (Å²) in [6, 6.07) is 14.7. The first kappa shape index (κ1) is 11.3. The molecule has 0 unspecified atom stereocenters. The van der Waals surface area contributed by atoms with Crippen molar-refractivity contribution in [3.8, 4) is 11.1 Å². The SMILES string of the molecule is Cc1nn(C)c(Cl)c1-c1ccc2ccccc2c1. The largest absolute Gasteiger partial charge is 0.256 e. The third-order valence-electron chi connectivity index (χ3n) is 3.19. The number of hydrogen-bond donors (Lipinski definition) is 0. The van der Waals surface area contributed by atoms with Crippen molar-refractivity contribution in [2.45, 2.75) is 6.92 Å². The lowest BCUT2D eigenvalue weighted by Crippen LogP contribution is -1.88. The van der Waals surface area contributed by atoms with Gasteiger partial charge in [0.25, 0.3) is 0 Å². The van der Waals surface area contributed by atoms with E-state index in [2.05, 4.69) is 35.4 Å². The molecule has 90 valence electrons. The molecule has 0 amide bonds. The van der Waals surface area contributed by atoms with Crippen LogP contribution in [0, 0.1) is 6.92 Å². The molecule has 0 aliphatic carbocycles. The van der Waals surface area contributed by atoms with Crippen LogP contribution in [0.2, 0.25) is 5.15 Å². The second kappa shape index (κ2) is 4.14. The number of nitrogens with zero attached hydrogens (tertiary/aromatic N) is 2. The van der Waals surface area contributed by atoms with E-state index >= 15 is 0 Å². The average Bonchev–Trinajstić information content (AvgIpc) is 2.63. The lowest BCUT2D eigenvalue weighted by molar-refractivity contribution is 0.757. The van der Waals surface area contributed by atoms with Crippen LogP contribution in [0.4, 0.5) is 0 Å². The van der Waals surface area contributed by atoms with Crippen LogP contribution >= 0.6 is 11.6 Å². The second-order valence-corrected chi connectivity index (χ2v) is 4.79. The lowest BCUT2D eigenvalue weighted by atomic mass is 10.0. The number of benzene rings is 2. The van der Waals surface area contributed by atoms with Crippen molar-refractivity contribution < 1.29 is 0 Å². The summed E-state index contributed by atoms with van der Waals surface area (Å²) < 4.78 is 1.71. The average molecular weight is 257 g/mol. The van der Waals surface area contributed by atoms with Gasteiger partial charge < -0.3 is 0 Å². The molecule has 0 aliphatic rings. The normalized spacial score (nSPS) is 11.1. The first-order valence-electron chi connectivity index (χ1n) is 5.85. The molecule has 3 rings (SSSR count). The molecule has 0 fully saturated rings. The summed E-state index contributed by atoms with van der Waals surface area (Å²) in [7, 11) is 1.86. The van der Waals surface area contributed by atoms with Gasteiger partial charge in [0.15, 0.2) is 0 Å². The predicted molar refractivity (Wildman–Crippen MR) is 75.9 cm³/mol. The summed E-state index contributed by atoms with van der Waals surface area (Å²) >= 11 is 6.30. The molecule has 0 radical (unpaired) electrons. The van der Waals surface area contributed by atoms with Gasteiger partial charge in [0.1, 0.15) is 5.15 Å². The van der Waals surface area contributed by atoms with Gasteiger partial charge in [0, 0.05) is 12.6 Å². The van der Waals surface area contributed by atoms with E-state index in [9.17, 15) is 0 Å². The summed E-state index contributed by atoms with van der Waals surface area (Å²) in [6.45, 7) is 1.98. The summed E-state index contributed by atoms with van der Waals surface area (Å²) in [5.41, 5.74) is 3.09. The summed E-state index contributed by atoms with van der Waals surface area (Å²) in [6.07, 6.45) is 0. The quantitative estimate of drug-likeness (QED) is 0.638. The van der Waals surface area contributed by atoms with Gasteiger partial charge in [-0.05, 0) is 29.3 Å². The van der Waals surface area contributed by atoms with E-state index in [4.69, 9.17) is 11.6 Å². The van der Waals surface area contributed by atoms with Crippen LogP contribution in [0.15, 0.2) is 42.5 Å². The fraction of sp³-hybridized carbons (Fsp3) is 0.133. The Labute approximate surface area is 111 Å². The maximum Gasteiger partial charge on any atom is 0.134 e. The number of halogens is 1. The summed E-state index contributed by atoms with van der Waals surface area (Å²) in [4.78, 5) is 0. The van der Waals surface area contributed by atoms with Crippen molar-refractivity contribution in [3.05, 3.63) is 53.3 Å². The highest BCUT2D eigenvalue weighted by molar-refractivity contribution is 6.32. The molecular formula is C15H13ClN2. The van der Waals surface area contributed by atoms with Gasteiger partial charge in [0.05, 0.1) is 5.69 Å². The molecular weight excluding hydrogens is 244 g/mol. The molecule has 0 aliphatic heterocycles. The molecule has 3 heteroatoms. The fourth-order valence-corrected chi connectivity index (χ4v) is 2.59. The molecule has 18 heavy (non-hydrogen) atoms. The van der Waals surface area contributed by atoms with Crippen molar-refractivity contribution in [3.63, 3.8) is 0 Å². The highest BCUT2D eigenvalue weighted by Crippen LogP contribution is 2.32. The van der Waals surface area contributed by atoms with E-state index in [1.54, 1.807) is 4.68 Å². The van der Waals surface area contributed by atoms with Crippen molar-refractivity contribution in [2.75, 3.05) is 0 Å². The number of hydrogen-bond acceptors (Lipinski definition) is 1. The van der Waals surface area contributed by atoms with Crippen LogP contribution in [-0.2, 0) is 7.05 Å². The van der Waals surface area contributed by atoms with Crippen LogP contribution in [-0.4, -0.2) is 9.78 Å². The van der Waals surface area contributed by atoms with E-state index in [-0.39, 0.29) is 0 Å². The van der Waals surface area contributed by atoms with Crippen molar-refractivity contribution in [1.29, 1.82) is 0 Å². The number of aryl methyl sites for hydroxylation is 2. The Hall–Kier alpha value is -1.80. The summed E-state index contributed by atoms with van der Waals surface area (Å²) in [5, 5.41) is 7.49. The van der Waals surface area contributed by atoms with Gasteiger partial charge in [-0.3, -0.25) is 4.68 Å². The van der Waals surface area contributed by atoms with Gasteiger partial charge in [-0.15, -0.1) is 0 Å². The number of rotatable bonds is 1. The lowest BCUT2D eigenvalue weighted by Gasteiger charge is -2.03. The highest BCUT2D eigenvalue weighted by Gasteiger charge is 2.13. The van der Waals surface area contributed by atoms with Gasteiger partial charge in [-0.25, -0.2) is 0 Å². The Morgan fingerprint density at radius 3 is 2.44 bits per heavy atom. The smallest absolute Gasteiger partial charge is 0.134 e. The van der Waals surface area contributed by atoms with E-state index in [1.165, 1.54) is 10.8 Å². The third kappa shape index (κ3) is 1.70. The molecule has 0 saturated carbocycles. The first-order chi connectivity index (χ1) is 8.66. The third-order valence-corrected chi connectivity index (χ3v) is 3.62. The van der Waals surface area contributed by atoms with Crippen molar-refractivity contribution >= 4 is 22.4 Å². The fourth-order valence-electron chi connectivity index (χ4n) is 2.30. The van der Waals surface area contributed by atoms with Gasteiger partial charge >= 0.3 is 0 Å². The van der Waals surface area contributed by atoms with E-state index in [1.807, 2.05) is 26.1 Å². The molecule has 0 atom stereocenters. The minimum atomic E-state index is 0.683. The zero-order chi connectivity index (χ0) is 12.7. The molecule has 3 aromatic rings. The molecule has 0 N–H and O–H groups in total. The standard InChI is InChI=1S/C15H13ClN2/c1-10-14(15(16)18(2)17-10)13-8-7-11-5-3-4-6-12(11)9-13/h3-9H,1-2H3. The number of aromatic nitrogens is 2. The van der Waals surface area contributed by atoms with Crippen LogP contribution in [0.5, 0.6) is 0 Å². The second-order valence-electron chi connectivity index (χ2n) is 4.44. The first-order valence-corrected chi connectivity index (χ1v) is 6.23. The van der Waals surface area contributed by atoms with Gasteiger partial charge in [0.2, 0.25) is 0 Å². The maximum atomic E-state index is 6.30. The van der Waals surface area contributed by atoms with Gasteiger partial charge in [-0.2, -0.15) is 5.10 Å². The predicted octanol–water partition coefficient (Wildman–Crippen LogP) is 4.20. The highest BCUT2D eigenvalue weighted by atomic mass is 35.5. The van der Waals surface area contributed by atoms with Crippen molar-refractivity contribution in [1.82, 2.24) is 9.78 Å². The Balaban J connectivity index is 2.25. The molecule has 1 aromatic heterocycles. The van der Waals surface area contributed by atoms with E-state index < -0.39 is 0 Å². The van der Waals surface area contributed by atoms with Gasteiger partial charge in [-0.1, -0.05) is 48.0 Å². The Bertz CT molecular complexity index is 728. The van der Waals surface area contributed by atoms with Crippen LogP contribution in [0.1, 0.15) is 5.69 Å². The topological polar surface area (TPSA) is 17.8 Å². The Morgan fingerprint density at radius 2 is 1.78 bits per heavy atom. The minimum Gasteiger partial charge on any atom is -0.256 e. The molecule has 1 heterocycles. The van der Waals surface area contributed by atoms with Crippen molar-refractivity contribution in [2.24, 2.45) is 7.05 Å². The van der Waals surface area contributed by atoms with Crippen LogP contribution in [0.3, 0.4) is 0 Å². The Morgan fingerprint density at radius 1 is 1.06 bits per heavy atom. The Kier molecular flexibility index (Phi) is 2.60. The van der Waals surface area contributed by atoms with E-state index in [0.717, 1.165) is 16.8 Å². The zero-order valence-corrected chi connectivity index (χ0v) is 11.1. The van der Waals surface area contributed by atoms with E-state index in [0.29, 0.717) is 5.15 Å². The molecule has 0 spiro atoms. The van der Waals surface area contributed by atoms with Crippen LogP contribution in [0.25, 0.3) is 21.9 Å². The summed E-state index contributed by atoms with van der Waals surface area (Å²) in [5.74, 6) is 0. The molecule has 0 saturated heterocycles. The zero-order valence-electron chi connectivity index (χ0n) is 10.3. The monoisotopic (exact) mass is 256 g/mol. The molecule has 2 aromatic carbocycles. The maximum absolute atomic E-state index is 6.30.